The van der Waals surface area contributed by atoms with Gasteiger partial charge in [-0.15, -0.1) is 0 Å². The fraction of sp³-hybridized carbons (Fsp3) is 0.212. The molecule has 0 fully saturated rings. The molecule has 0 N–H and O–H groups in total. The minimum Gasteiger partial charge on any atom is -0.531 e. The Kier molecular flexibility index (Phi) is 8.88. The first-order chi connectivity index (χ1) is 18.7. The molecule has 0 spiro atoms. The molecular formula is C33H35BrO4Si. The van der Waals surface area contributed by atoms with Crippen molar-refractivity contribution in [2.45, 2.75) is 25.8 Å². The van der Waals surface area contributed by atoms with E-state index in [2.05, 4.69) is 110 Å². The van der Waals surface area contributed by atoms with Crippen LogP contribution in [-0.4, -0.2) is 29.6 Å². The average molecular weight is 604 g/mol. The van der Waals surface area contributed by atoms with Crippen molar-refractivity contribution in [3.8, 4) is 23.0 Å². The van der Waals surface area contributed by atoms with E-state index in [4.69, 9.17) is 18.6 Å². The van der Waals surface area contributed by atoms with Gasteiger partial charge in [-0.25, -0.2) is 0 Å². The van der Waals surface area contributed by atoms with Crippen LogP contribution in [0.2, 0.25) is 5.04 Å². The second kappa shape index (κ2) is 12.1. The number of halogens is 1. The number of ether oxygens (including phenoxy) is 3. The SMILES string of the molecule is COc1ccc(/C=C/c2cc(Br)c(OC)c(OC)c2)cc1O[Si](c1ccccc1)(c1ccccc1)C(C)(C)C. The summed E-state index contributed by atoms with van der Waals surface area (Å²) < 4.78 is 24.9. The molecule has 0 aliphatic rings. The first-order valence-corrected chi connectivity index (χ1v) is 15.5. The van der Waals surface area contributed by atoms with Gasteiger partial charge in [0.25, 0.3) is 0 Å². The van der Waals surface area contributed by atoms with Gasteiger partial charge in [0, 0.05) is 0 Å². The zero-order valence-corrected chi connectivity index (χ0v) is 25.9. The summed E-state index contributed by atoms with van der Waals surface area (Å²) in [6.07, 6.45) is 4.10. The molecule has 0 bridgehead atoms. The Morgan fingerprint density at radius 1 is 0.615 bits per heavy atom. The summed E-state index contributed by atoms with van der Waals surface area (Å²) >= 11 is 3.58. The lowest BCUT2D eigenvalue weighted by Crippen LogP contribution is -2.68. The van der Waals surface area contributed by atoms with E-state index < -0.39 is 8.32 Å². The Labute approximate surface area is 241 Å². The molecule has 6 heteroatoms. The monoisotopic (exact) mass is 602 g/mol. The number of methoxy groups -OCH3 is 3. The quantitative estimate of drug-likeness (QED) is 0.146. The minimum atomic E-state index is -2.82. The average Bonchev–Trinajstić information content (AvgIpc) is 2.94. The molecule has 4 aromatic rings. The molecule has 0 aliphatic carbocycles. The molecule has 4 nitrogen and oxygen atoms in total. The van der Waals surface area contributed by atoms with Crippen LogP contribution in [0.3, 0.4) is 0 Å². The predicted molar refractivity (Wildman–Crippen MR) is 167 cm³/mol. The van der Waals surface area contributed by atoms with Gasteiger partial charge in [0.05, 0.1) is 25.8 Å². The first kappa shape index (κ1) is 28.5. The number of benzene rings is 4. The van der Waals surface area contributed by atoms with Gasteiger partial charge in [-0.2, -0.15) is 0 Å². The van der Waals surface area contributed by atoms with E-state index in [9.17, 15) is 0 Å². The lowest BCUT2D eigenvalue weighted by Gasteiger charge is -2.43. The molecule has 0 saturated carbocycles. The highest BCUT2D eigenvalue weighted by Crippen LogP contribution is 2.41. The van der Waals surface area contributed by atoms with Crippen LogP contribution in [0.1, 0.15) is 31.9 Å². The third kappa shape index (κ3) is 5.92. The van der Waals surface area contributed by atoms with Crippen LogP contribution in [-0.2, 0) is 0 Å². The molecule has 202 valence electrons. The van der Waals surface area contributed by atoms with Crippen molar-refractivity contribution in [1.82, 2.24) is 0 Å². The van der Waals surface area contributed by atoms with E-state index in [0.29, 0.717) is 17.2 Å². The third-order valence-corrected chi connectivity index (χ3v) is 12.3. The zero-order valence-electron chi connectivity index (χ0n) is 23.3. The van der Waals surface area contributed by atoms with Crippen molar-refractivity contribution in [2.75, 3.05) is 21.3 Å². The van der Waals surface area contributed by atoms with E-state index in [1.54, 1.807) is 21.3 Å². The fourth-order valence-electron chi connectivity index (χ4n) is 4.92. The molecule has 0 radical (unpaired) electrons. The second-order valence-corrected chi connectivity index (χ2v) is 15.3. The minimum absolute atomic E-state index is 0.168. The first-order valence-electron chi connectivity index (χ1n) is 12.8. The highest BCUT2D eigenvalue weighted by Gasteiger charge is 2.52. The Bertz CT molecular complexity index is 1390. The van der Waals surface area contributed by atoms with Crippen molar-refractivity contribution in [2.24, 2.45) is 0 Å². The van der Waals surface area contributed by atoms with Gasteiger partial charge in [0.15, 0.2) is 17.2 Å². The van der Waals surface area contributed by atoms with Crippen molar-refractivity contribution < 1.29 is 18.6 Å². The summed E-state index contributed by atoms with van der Waals surface area (Å²) in [6.45, 7) is 6.80. The topological polar surface area (TPSA) is 36.9 Å². The van der Waals surface area contributed by atoms with E-state index in [-0.39, 0.29) is 5.04 Å². The summed E-state index contributed by atoms with van der Waals surface area (Å²) in [5, 5.41) is 2.25. The molecule has 0 atom stereocenters. The van der Waals surface area contributed by atoms with Gasteiger partial charge >= 0.3 is 8.32 Å². The molecular weight excluding hydrogens is 568 g/mol. The van der Waals surface area contributed by atoms with E-state index in [1.807, 2.05) is 30.3 Å². The molecule has 0 amide bonds. The van der Waals surface area contributed by atoms with Gasteiger partial charge in [-0.1, -0.05) is 99.7 Å². The van der Waals surface area contributed by atoms with Crippen molar-refractivity contribution in [3.05, 3.63) is 107 Å². The summed E-state index contributed by atoms with van der Waals surface area (Å²) in [7, 11) is 2.13. The molecule has 0 heterocycles. The Morgan fingerprint density at radius 3 is 1.67 bits per heavy atom. The summed E-state index contributed by atoms with van der Waals surface area (Å²) in [6, 6.07) is 31.2. The highest BCUT2D eigenvalue weighted by atomic mass is 79.9. The van der Waals surface area contributed by atoms with Crippen LogP contribution >= 0.6 is 15.9 Å². The van der Waals surface area contributed by atoms with Gasteiger partial charge in [0.2, 0.25) is 0 Å². The molecule has 0 aromatic heterocycles. The van der Waals surface area contributed by atoms with Crippen molar-refractivity contribution >= 4 is 46.8 Å². The molecule has 4 aromatic carbocycles. The molecule has 39 heavy (non-hydrogen) atoms. The van der Waals surface area contributed by atoms with E-state index in [1.165, 1.54) is 10.4 Å². The Balaban J connectivity index is 1.81. The molecule has 0 unspecified atom stereocenters. The van der Waals surface area contributed by atoms with Crippen LogP contribution in [0.15, 0.2) is 95.5 Å². The molecule has 0 saturated heterocycles. The number of hydrogen-bond donors (Lipinski definition) is 0. The Hall–Kier alpha value is -3.48. The lowest BCUT2D eigenvalue weighted by atomic mass is 10.1. The molecule has 0 aliphatic heterocycles. The standard InChI is InChI=1S/C33H35BrO4Si/c1-33(2,3)39(26-13-9-7-10-14-26,27-15-11-8-12-16-27)38-30-22-24(19-20-29(30)35-4)17-18-25-21-28(34)32(37-6)31(23-25)36-5/h7-23H,1-6H3/b18-17+. The normalized spacial score (nSPS) is 11.9. The van der Waals surface area contributed by atoms with Crippen LogP contribution in [0.25, 0.3) is 12.2 Å². The van der Waals surface area contributed by atoms with Crippen LogP contribution in [0.4, 0.5) is 0 Å². The fourth-order valence-corrected chi connectivity index (χ4v) is 9.96. The highest BCUT2D eigenvalue weighted by molar-refractivity contribution is 9.10. The summed E-state index contributed by atoms with van der Waals surface area (Å²) in [5.41, 5.74) is 1.97. The third-order valence-electron chi connectivity index (χ3n) is 6.79. The largest absolute Gasteiger partial charge is 0.531 e. The van der Waals surface area contributed by atoms with Crippen LogP contribution in [0, 0.1) is 0 Å². The van der Waals surface area contributed by atoms with Crippen molar-refractivity contribution in [1.29, 1.82) is 0 Å². The van der Waals surface area contributed by atoms with Gasteiger partial charge in [0.1, 0.15) is 5.75 Å². The van der Waals surface area contributed by atoms with E-state index >= 15 is 0 Å². The van der Waals surface area contributed by atoms with E-state index in [0.717, 1.165) is 21.3 Å². The summed E-state index contributed by atoms with van der Waals surface area (Å²) in [4.78, 5) is 0. The summed E-state index contributed by atoms with van der Waals surface area (Å²) in [5.74, 6) is 2.76. The maximum atomic E-state index is 7.28. The smallest absolute Gasteiger partial charge is 0.320 e. The van der Waals surface area contributed by atoms with Gasteiger partial charge in [-0.3, -0.25) is 0 Å². The van der Waals surface area contributed by atoms with Gasteiger partial charge < -0.3 is 18.6 Å². The zero-order chi connectivity index (χ0) is 28.0. The van der Waals surface area contributed by atoms with Gasteiger partial charge in [-0.05, 0) is 66.7 Å². The van der Waals surface area contributed by atoms with Crippen LogP contribution < -0.4 is 29.0 Å². The second-order valence-electron chi connectivity index (χ2n) is 10.2. The Morgan fingerprint density at radius 2 is 1.15 bits per heavy atom. The predicted octanol–water partition coefficient (Wildman–Crippen LogP) is 7.58. The number of hydrogen-bond acceptors (Lipinski definition) is 4. The lowest BCUT2D eigenvalue weighted by molar-refractivity contribution is 0.353. The van der Waals surface area contributed by atoms with Crippen molar-refractivity contribution in [3.63, 3.8) is 0 Å². The number of rotatable bonds is 9. The van der Waals surface area contributed by atoms with Crippen LogP contribution in [0.5, 0.6) is 23.0 Å². The maximum absolute atomic E-state index is 7.28. The maximum Gasteiger partial charge on any atom is 0.320 e. The molecule has 4 rings (SSSR count).